The molecule has 1 heterocycles. The van der Waals surface area contributed by atoms with Crippen LogP contribution in [0.4, 0.5) is 0 Å². The van der Waals surface area contributed by atoms with Crippen LogP contribution in [0.15, 0.2) is 29.0 Å². The minimum absolute atomic E-state index is 0.132. The number of nitrogens with two attached hydrogens (primary N) is 1. The van der Waals surface area contributed by atoms with E-state index in [-0.39, 0.29) is 6.04 Å². The van der Waals surface area contributed by atoms with Crippen molar-refractivity contribution in [2.75, 3.05) is 0 Å². The fraction of sp³-hybridized carbons (Fsp3) is 0.167. The van der Waals surface area contributed by atoms with Crippen molar-refractivity contribution in [3.05, 3.63) is 55.7 Å². The van der Waals surface area contributed by atoms with E-state index in [0.29, 0.717) is 10.0 Å². The summed E-state index contributed by atoms with van der Waals surface area (Å²) >= 11 is 13.9. The molecule has 2 aromatic rings. The monoisotopic (exact) mass is 286 g/mol. The Labute approximate surface area is 114 Å². The third kappa shape index (κ3) is 2.49. The normalized spacial score (nSPS) is 12.7. The molecule has 0 saturated heterocycles. The molecule has 0 bridgehead atoms. The number of hydrogen-bond acceptors (Lipinski definition) is 3. The highest BCUT2D eigenvalue weighted by molar-refractivity contribution is 7.08. The predicted molar refractivity (Wildman–Crippen MR) is 74.7 cm³/mol. The molecule has 17 heavy (non-hydrogen) atoms. The third-order valence-corrected chi connectivity index (χ3v) is 4.38. The third-order valence-electron chi connectivity index (χ3n) is 2.67. The summed E-state index contributed by atoms with van der Waals surface area (Å²) in [5, 5.41) is 5.23. The average molecular weight is 287 g/mol. The Bertz CT molecular complexity index is 525. The maximum Gasteiger partial charge on any atom is 0.0735 e. The summed E-state index contributed by atoms with van der Waals surface area (Å²) in [4.78, 5) is 0. The number of benzene rings is 1. The van der Waals surface area contributed by atoms with Crippen LogP contribution in [0.2, 0.25) is 10.0 Å². The molecule has 1 atom stereocenters. The number of aryl methyl sites for hydroxylation is 1. The van der Waals surface area contributed by atoms with Gasteiger partial charge in [-0.05, 0) is 40.4 Å². The van der Waals surface area contributed by atoms with Crippen LogP contribution in [0.25, 0.3) is 0 Å². The largest absolute Gasteiger partial charge is 0.271 e. The molecule has 1 aromatic heterocycles. The van der Waals surface area contributed by atoms with Gasteiger partial charge in [0, 0.05) is 0 Å². The summed E-state index contributed by atoms with van der Waals surface area (Å²) < 4.78 is 0. The standard InChI is InChI=1S/C12H12Cl2N2S/c1-7-5-17-6-9(7)12(16-15)8-3-2-4-10(13)11(8)14/h2-6,12,16H,15H2,1H3. The molecule has 2 nitrogen and oxygen atoms in total. The molecule has 0 aliphatic carbocycles. The van der Waals surface area contributed by atoms with Gasteiger partial charge in [-0.1, -0.05) is 35.3 Å². The average Bonchev–Trinajstić information content (AvgIpc) is 2.72. The van der Waals surface area contributed by atoms with Crippen LogP contribution < -0.4 is 11.3 Å². The van der Waals surface area contributed by atoms with E-state index in [0.717, 1.165) is 11.1 Å². The van der Waals surface area contributed by atoms with E-state index < -0.39 is 0 Å². The molecule has 0 amide bonds. The summed E-state index contributed by atoms with van der Waals surface area (Å²) in [7, 11) is 0. The Morgan fingerprint density at radius 3 is 2.59 bits per heavy atom. The lowest BCUT2D eigenvalue weighted by Gasteiger charge is -2.18. The zero-order chi connectivity index (χ0) is 12.4. The molecule has 0 spiro atoms. The van der Waals surface area contributed by atoms with Crippen LogP contribution >= 0.6 is 34.5 Å². The molecular formula is C12H12Cl2N2S. The van der Waals surface area contributed by atoms with Crippen molar-refractivity contribution in [1.82, 2.24) is 5.43 Å². The smallest absolute Gasteiger partial charge is 0.0735 e. The molecule has 1 aromatic carbocycles. The zero-order valence-corrected chi connectivity index (χ0v) is 11.5. The van der Waals surface area contributed by atoms with Crippen LogP contribution in [-0.2, 0) is 0 Å². The van der Waals surface area contributed by atoms with E-state index in [1.165, 1.54) is 5.56 Å². The minimum Gasteiger partial charge on any atom is -0.271 e. The van der Waals surface area contributed by atoms with Crippen molar-refractivity contribution in [3.63, 3.8) is 0 Å². The van der Waals surface area contributed by atoms with E-state index in [1.807, 2.05) is 12.1 Å². The first-order valence-electron chi connectivity index (χ1n) is 5.08. The number of nitrogens with one attached hydrogen (secondary N) is 1. The molecule has 90 valence electrons. The topological polar surface area (TPSA) is 38.0 Å². The van der Waals surface area contributed by atoms with Gasteiger partial charge in [-0.25, -0.2) is 5.43 Å². The van der Waals surface area contributed by atoms with E-state index in [4.69, 9.17) is 29.0 Å². The summed E-state index contributed by atoms with van der Waals surface area (Å²) in [6.07, 6.45) is 0. The van der Waals surface area contributed by atoms with Crippen LogP contribution in [0, 0.1) is 6.92 Å². The Kier molecular flexibility index (Phi) is 4.07. The van der Waals surface area contributed by atoms with E-state index in [2.05, 4.69) is 23.1 Å². The molecule has 1 unspecified atom stereocenters. The lowest BCUT2D eigenvalue weighted by molar-refractivity contribution is 0.636. The van der Waals surface area contributed by atoms with Crippen molar-refractivity contribution < 1.29 is 0 Å². The van der Waals surface area contributed by atoms with Gasteiger partial charge in [0.2, 0.25) is 0 Å². The molecule has 0 aliphatic rings. The van der Waals surface area contributed by atoms with Crippen molar-refractivity contribution in [1.29, 1.82) is 0 Å². The molecular weight excluding hydrogens is 275 g/mol. The van der Waals surface area contributed by atoms with Gasteiger partial charge in [-0.3, -0.25) is 5.84 Å². The highest BCUT2D eigenvalue weighted by Crippen LogP contribution is 2.34. The Balaban J connectivity index is 2.50. The molecule has 2 rings (SSSR count). The quantitative estimate of drug-likeness (QED) is 0.663. The van der Waals surface area contributed by atoms with Gasteiger partial charge in [0.15, 0.2) is 0 Å². The first-order chi connectivity index (χ1) is 8.15. The summed E-state index contributed by atoms with van der Waals surface area (Å²) in [6, 6.07) is 5.43. The first-order valence-corrected chi connectivity index (χ1v) is 6.77. The van der Waals surface area contributed by atoms with Gasteiger partial charge >= 0.3 is 0 Å². The van der Waals surface area contributed by atoms with Crippen LogP contribution in [0.1, 0.15) is 22.7 Å². The van der Waals surface area contributed by atoms with Gasteiger partial charge in [-0.2, -0.15) is 11.3 Å². The SMILES string of the molecule is Cc1cscc1C(NN)c1cccc(Cl)c1Cl. The predicted octanol–water partition coefficient (Wildman–Crippen LogP) is 3.92. The molecule has 0 fully saturated rings. The fourth-order valence-corrected chi connectivity index (χ4v) is 3.05. The first kappa shape index (κ1) is 12.9. The Hall–Kier alpha value is -0.580. The maximum absolute atomic E-state index is 6.21. The number of rotatable bonds is 3. The van der Waals surface area contributed by atoms with Gasteiger partial charge in [0.05, 0.1) is 16.1 Å². The van der Waals surface area contributed by atoms with Gasteiger partial charge in [-0.15, -0.1) is 0 Å². The zero-order valence-electron chi connectivity index (χ0n) is 9.21. The summed E-state index contributed by atoms with van der Waals surface area (Å²) in [5.74, 6) is 5.64. The molecule has 5 heteroatoms. The summed E-state index contributed by atoms with van der Waals surface area (Å²) in [6.45, 7) is 2.05. The fourth-order valence-electron chi connectivity index (χ4n) is 1.76. The molecule has 3 N–H and O–H groups in total. The van der Waals surface area contributed by atoms with Crippen molar-refractivity contribution in [2.45, 2.75) is 13.0 Å². The lowest BCUT2D eigenvalue weighted by atomic mass is 9.99. The Morgan fingerprint density at radius 1 is 1.24 bits per heavy atom. The van der Waals surface area contributed by atoms with Gasteiger partial charge in [0.1, 0.15) is 0 Å². The van der Waals surface area contributed by atoms with E-state index in [1.54, 1.807) is 17.4 Å². The van der Waals surface area contributed by atoms with Crippen LogP contribution in [0.3, 0.4) is 0 Å². The number of hydrogen-bond donors (Lipinski definition) is 2. The highest BCUT2D eigenvalue weighted by Gasteiger charge is 2.19. The maximum atomic E-state index is 6.21. The van der Waals surface area contributed by atoms with E-state index >= 15 is 0 Å². The lowest BCUT2D eigenvalue weighted by Crippen LogP contribution is -2.29. The number of thiophene rings is 1. The highest BCUT2D eigenvalue weighted by atomic mass is 35.5. The molecule has 0 saturated carbocycles. The molecule has 0 aliphatic heterocycles. The van der Waals surface area contributed by atoms with E-state index in [9.17, 15) is 0 Å². The number of halogens is 2. The van der Waals surface area contributed by atoms with Crippen molar-refractivity contribution in [2.24, 2.45) is 5.84 Å². The Morgan fingerprint density at radius 2 is 2.00 bits per heavy atom. The van der Waals surface area contributed by atoms with Crippen molar-refractivity contribution >= 4 is 34.5 Å². The van der Waals surface area contributed by atoms with Crippen LogP contribution in [0.5, 0.6) is 0 Å². The van der Waals surface area contributed by atoms with Gasteiger partial charge in [0.25, 0.3) is 0 Å². The number of hydrazine groups is 1. The second-order valence-corrected chi connectivity index (χ2v) is 5.28. The van der Waals surface area contributed by atoms with Crippen molar-refractivity contribution in [3.8, 4) is 0 Å². The minimum atomic E-state index is -0.132. The summed E-state index contributed by atoms with van der Waals surface area (Å²) in [5.41, 5.74) is 6.00. The van der Waals surface area contributed by atoms with Crippen LogP contribution in [-0.4, -0.2) is 0 Å². The van der Waals surface area contributed by atoms with Gasteiger partial charge < -0.3 is 0 Å². The second-order valence-electron chi connectivity index (χ2n) is 3.75. The molecule has 0 radical (unpaired) electrons. The second kappa shape index (κ2) is 5.38.